The summed E-state index contributed by atoms with van der Waals surface area (Å²) in [6.45, 7) is 4.14. The van der Waals surface area contributed by atoms with Gasteiger partial charge in [0.1, 0.15) is 10.8 Å². The first-order chi connectivity index (χ1) is 13.7. The fourth-order valence-electron chi connectivity index (χ4n) is 2.93. The van der Waals surface area contributed by atoms with Crippen molar-refractivity contribution in [3.05, 3.63) is 64.7 Å². The summed E-state index contributed by atoms with van der Waals surface area (Å²) >= 11 is 3.22. The fourth-order valence-corrected chi connectivity index (χ4v) is 4.63. The van der Waals surface area contributed by atoms with Crippen molar-refractivity contribution < 1.29 is 4.74 Å². The predicted octanol–water partition coefficient (Wildman–Crippen LogP) is 4.70. The van der Waals surface area contributed by atoms with Gasteiger partial charge in [-0.2, -0.15) is 4.68 Å². The molecule has 4 aromatic rings. The first-order valence-corrected chi connectivity index (χ1v) is 10.6. The third kappa shape index (κ3) is 3.79. The quantitative estimate of drug-likeness (QED) is 0.430. The number of aryl methyl sites for hydroxylation is 2. The fraction of sp³-hybridized carbons (Fsp3) is 0.200. The van der Waals surface area contributed by atoms with Crippen LogP contribution in [0, 0.1) is 13.8 Å². The van der Waals surface area contributed by atoms with E-state index in [4.69, 9.17) is 9.72 Å². The van der Waals surface area contributed by atoms with Crippen LogP contribution in [-0.2, 0) is 5.75 Å². The summed E-state index contributed by atoms with van der Waals surface area (Å²) in [4.78, 5) is 4.75. The Morgan fingerprint density at radius 3 is 2.54 bits per heavy atom. The van der Waals surface area contributed by atoms with Crippen LogP contribution in [0.1, 0.15) is 16.8 Å². The summed E-state index contributed by atoms with van der Waals surface area (Å²) in [6, 6.07) is 14.1. The van der Waals surface area contributed by atoms with Gasteiger partial charge in [-0.25, -0.2) is 4.98 Å². The molecule has 0 aliphatic heterocycles. The van der Waals surface area contributed by atoms with E-state index in [0.717, 1.165) is 44.0 Å². The summed E-state index contributed by atoms with van der Waals surface area (Å²) in [5.74, 6) is 1.55. The van der Waals surface area contributed by atoms with Gasteiger partial charge in [0.15, 0.2) is 0 Å². The number of hydrogen-bond acceptors (Lipinski definition) is 7. The molecule has 4 rings (SSSR count). The van der Waals surface area contributed by atoms with E-state index in [1.807, 2.05) is 35.0 Å². The van der Waals surface area contributed by atoms with Crippen molar-refractivity contribution in [1.29, 1.82) is 0 Å². The lowest BCUT2D eigenvalue weighted by atomic mass is 10.1. The maximum absolute atomic E-state index is 5.21. The first-order valence-electron chi connectivity index (χ1n) is 8.72. The maximum Gasteiger partial charge on any atom is 0.214 e. The third-order valence-electron chi connectivity index (χ3n) is 4.33. The van der Waals surface area contributed by atoms with Gasteiger partial charge < -0.3 is 4.74 Å². The zero-order valence-corrected chi connectivity index (χ0v) is 17.4. The van der Waals surface area contributed by atoms with E-state index in [1.54, 1.807) is 30.2 Å². The lowest BCUT2D eigenvalue weighted by molar-refractivity contribution is 0.415. The molecule has 0 unspecified atom stereocenters. The number of rotatable bonds is 6. The van der Waals surface area contributed by atoms with Gasteiger partial charge in [-0.15, -0.1) is 16.4 Å². The third-order valence-corrected chi connectivity index (χ3v) is 6.22. The molecule has 2 heterocycles. The second-order valence-corrected chi connectivity index (χ2v) is 8.08. The Hall–Kier alpha value is -2.71. The minimum absolute atomic E-state index is 0.706. The normalized spacial score (nSPS) is 11.0. The topological polar surface area (TPSA) is 65.7 Å². The van der Waals surface area contributed by atoms with E-state index in [1.165, 1.54) is 0 Å². The lowest BCUT2D eigenvalue weighted by Gasteiger charge is -2.10. The Morgan fingerprint density at radius 1 is 1.07 bits per heavy atom. The molecule has 28 heavy (non-hydrogen) atoms. The van der Waals surface area contributed by atoms with Gasteiger partial charge in [-0.1, -0.05) is 30.0 Å². The standard InChI is InChI=1S/C20H19N5OS2/c1-13-5-4-6-14(2)18(13)25-20(22-23-24-25)28-12-16-11-27-19(21-16)15-7-9-17(26-3)10-8-15/h4-11H,12H2,1-3H3. The zero-order valence-electron chi connectivity index (χ0n) is 15.8. The van der Waals surface area contributed by atoms with Crippen molar-refractivity contribution in [2.24, 2.45) is 0 Å². The zero-order chi connectivity index (χ0) is 19.5. The summed E-state index contributed by atoms with van der Waals surface area (Å²) in [5, 5.41) is 16.1. The van der Waals surface area contributed by atoms with Crippen LogP contribution in [0.5, 0.6) is 5.75 Å². The van der Waals surface area contributed by atoms with Gasteiger partial charge >= 0.3 is 0 Å². The number of methoxy groups -OCH3 is 1. The second-order valence-electron chi connectivity index (χ2n) is 6.27. The molecule has 6 nitrogen and oxygen atoms in total. The molecule has 2 aromatic heterocycles. The van der Waals surface area contributed by atoms with Gasteiger partial charge in [0.2, 0.25) is 5.16 Å². The van der Waals surface area contributed by atoms with Gasteiger partial charge in [0, 0.05) is 16.7 Å². The van der Waals surface area contributed by atoms with E-state index in [2.05, 4.69) is 46.9 Å². The van der Waals surface area contributed by atoms with Crippen LogP contribution in [0.3, 0.4) is 0 Å². The Morgan fingerprint density at radius 2 is 1.82 bits per heavy atom. The summed E-state index contributed by atoms with van der Waals surface area (Å²) in [6.07, 6.45) is 0. The lowest BCUT2D eigenvalue weighted by Crippen LogP contribution is -2.04. The molecule has 0 aliphatic carbocycles. The average molecular weight is 410 g/mol. The number of aromatic nitrogens is 5. The maximum atomic E-state index is 5.21. The molecule has 0 saturated heterocycles. The van der Waals surface area contributed by atoms with E-state index in [0.29, 0.717) is 5.75 Å². The van der Waals surface area contributed by atoms with E-state index in [9.17, 15) is 0 Å². The van der Waals surface area contributed by atoms with Crippen LogP contribution in [0.4, 0.5) is 0 Å². The van der Waals surface area contributed by atoms with Gasteiger partial charge in [-0.05, 0) is 59.7 Å². The number of benzene rings is 2. The first kappa shape index (κ1) is 18.6. The van der Waals surface area contributed by atoms with Crippen molar-refractivity contribution in [3.63, 3.8) is 0 Å². The van der Waals surface area contributed by atoms with Gasteiger partial charge in [0.05, 0.1) is 18.5 Å². The molecule has 0 N–H and O–H groups in total. The molecule has 0 radical (unpaired) electrons. The molecule has 8 heteroatoms. The highest BCUT2D eigenvalue weighted by Crippen LogP contribution is 2.29. The number of tetrazole rings is 1. The number of hydrogen-bond donors (Lipinski definition) is 0. The Labute approximate surface area is 171 Å². The Balaban J connectivity index is 1.51. The Kier molecular flexibility index (Phi) is 5.40. The van der Waals surface area contributed by atoms with Crippen LogP contribution in [0.25, 0.3) is 16.3 Å². The van der Waals surface area contributed by atoms with Crippen molar-refractivity contribution in [2.75, 3.05) is 7.11 Å². The summed E-state index contributed by atoms with van der Waals surface area (Å²) < 4.78 is 7.02. The molecule has 0 atom stereocenters. The van der Waals surface area contributed by atoms with Gasteiger partial charge in [0.25, 0.3) is 0 Å². The number of thioether (sulfide) groups is 1. The molecule has 0 fully saturated rings. The number of para-hydroxylation sites is 1. The largest absolute Gasteiger partial charge is 0.497 e. The average Bonchev–Trinajstić information content (AvgIpc) is 3.36. The summed E-state index contributed by atoms with van der Waals surface area (Å²) in [5.41, 5.74) is 5.42. The smallest absolute Gasteiger partial charge is 0.214 e. The number of ether oxygens (including phenoxy) is 1. The summed E-state index contributed by atoms with van der Waals surface area (Å²) in [7, 11) is 1.67. The molecule has 2 aromatic carbocycles. The molecule has 0 amide bonds. The highest BCUT2D eigenvalue weighted by Gasteiger charge is 2.14. The number of nitrogens with zero attached hydrogens (tertiary/aromatic N) is 5. The van der Waals surface area contributed by atoms with Crippen LogP contribution in [-0.4, -0.2) is 32.3 Å². The Bertz CT molecular complexity index is 1070. The van der Waals surface area contributed by atoms with Crippen molar-refractivity contribution in [2.45, 2.75) is 24.8 Å². The molecular formula is C20H19N5OS2. The monoisotopic (exact) mass is 409 g/mol. The van der Waals surface area contributed by atoms with E-state index < -0.39 is 0 Å². The van der Waals surface area contributed by atoms with Crippen molar-refractivity contribution >= 4 is 23.1 Å². The highest BCUT2D eigenvalue weighted by molar-refractivity contribution is 7.98. The molecule has 0 saturated carbocycles. The van der Waals surface area contributed by atoms with Crippen LogP contribution in [0.15, 0.2) is 53.0 Å². The molecule has 0 aliphatic rings. The van der Waals surface area contributed by atoms with E-state index in [-0.39, 0.29) is 0 Å². The second kappa shape index (κ2) is 8.12. The molecular weight excluding hydrogens is 390 g/mol. The van der Waals surface area contributed by atoms with Crippen molar-refractivity contribution in [3.8, 4) is 22.0 Å². The van der Waals surface area contributed by atoms with Crippen LogP contribution in [0.2, 0.25) is 0 Å². The number of thiazole rings is 1. The van der Waals surface area contributed by atoms with E-state index >= 15 is 0 Å². The predicted molar refractivity (Wildman–Crippen MR) is 112 cm³/mol. The molecule has 142 valence electrons. The SMILES string of the molecule is COc1ccc(-c2nc(CSc3nnnn3-c3c(C)cccc3C)cs2)cc1. The highest BCUT2D eigenvalue weighted by atomic mass is 32.2. The van der Waals surface area contributed by atoms with Crippen molar-refractivity contribution in [1.82, 2.24) is 25.2 Å². The molecule has 0 bridgehead atoms. The van der Waals surface area contributed by atoms with Crippen LogP contribution >= 0.6 is 23.1 Å². The van der Waals surface area contributed by atoms with Crippen LogP contribution < -0.4 is 4.74 Å². The molecule has 0 spiro atoms. The minimum atomic E-state index is 0.706. The minimum Gasteiger partial charge on any atom is -0.497 e. The van der Waals surface area contributed by atoms with Gasteiger partial charge in [-0.3, -0.25) is 0 Å².